The highest BCUT2D eigenvalue weighted by atomic mass is 15.0. The summed E-state index contributed by atoms with van der Waals surface area (Å²) in [5, 5.41) is 2.60. The van der Waals surface area contributed by atoms with Crippen LogP contribution < -0.4 is 0 Å². The topological polar surface area (TPSA) is 4.93 Å². The highest BCUT2D eigenvalue weighted by Gasteiger charge is 2.61. The fourth-order valence-corrected chi connectivity index (χ4v) is 12.1. The maximum atomic E-state index is 2.61. The molecule has 8 aromatic rings. The summed E-state index contributed by atoms with van der Waals surface area (Å²) in [6, 6.07) is 61.8. The van der Waals surface area contributed by atoms with Gasteiger partial charge in [-0.3, -0.25) is 0 Å². The minimum absolute atomic E-state index is 0.148. The zero-order chi connectivity index (χ0) is 34.7. The van der Waals surface area contributed by atoms with Crippen LogP contribution in [0, 0.1) is 23.7 Å². The van der Waals surface area contributed by atoms with E-state index in [1.807, 2.05) is 0 Å². The van der Waals surface area contributed by atoms with Crippen molar-refractivity contribution in [1.29, 1.82) is 0 Å². The molecule has 4 bridgehead atoms. The molecule has 0 radical (unpaired) electrons. The molecule has 5 aliphatic carbocycles. The Morgan fingerprint density at radius 2 is 0.925 bits per heavy atom. The van der Waals surface area contributed by atoms with E-state index in [9.17, 15) is 0 Å². The standard InChI is InChI=1S/C52H41N/c1-3-9-35(10-4-1)37-15-20-43(21-16-37)53-50-14-8-7-13-45(50)47-31-39(19-24-51(47)53)38-18-23-48-46(30-38)44-22-17-40(36-11-5-2-6-12-36)32-49(44)52(48)41-26-33-25-34(28-41)29-42(52)27-33/h1-24,30-34,41-42H,25-29H2. The molecule has 13 rings (SSSR count). The van der Waals surface area contributed by atoms with E-state index >= 15 is 0 Å². The van der Waals surface area contributed by atoms with Crippen LogP contribution in [-0.2, 0) is 5.41 Å². The fourth-order valence-electron chi connectivity index (χ4n) is 12.1. The number of benzene rings is 7. The minimum atomic E-state index is 0.148. The second-order valence-electron chi connectivity index (χ2n) is 16.6. The molecule has 0 aliphatic heterocycles. The molecule has 0 N–H and O–H groups in total. The number of aromatic nitrogens is 1. The average molecular weight is 680 g/mol. The molecule has 1 spiro atoms. The number of para-hydroxylation sites is 1. The third kappa shape index (κ3) is 4.25. The molecule has 4 saturated carbocycles. The van der Waals surface area contributed by atoms with Crippen molar-refractivity contribution in [2.75, 3.05) is 0 Å². The van der Waals surface area contributed by atoms with Crippen LogP contribution >= 0.6 is 0 Å². The predicted octanol–water partition coefficient (Wildman–Crippen LogP) is 13.5. The first-order valence-corrected chi connectivity index (χ1v) is 19.8. The zero-order valence-corrected chi connectivity index (χ0v) is 29.9. The molecule has 1 heterocycles. The molecule has 0 saturated heterocycles. The molecular weight excluding hydrogens is 639 g/mol. The van der Waals surface area contributed by atoms with Gasteiger partial charge in [0, 0.05) is 21.9 Å². The molecule has 254 valence electrons. The minimum Gasteiger partial charge on any atom is -0.309 e. The van der Waals surface area contributed by atoms with Crippen LogP contribution in [0.2, 0.25) is 0 Å². The summed E-state index contributed by atoms with van der Waals surface area (Å²) < 4.78 is 2.43. The first-order valence-electron chi connectivity index (χ1n) is 19.8. The van der Waals surface area contributed by atoms with Gasteiger partial charge in [-0.15, -0.1) is 0 Å². The van der Waals surface area contributed by atoms with Gasteiger partial charge in [-0.05, 0) is 154 Å². The summed E-state index contributed by atoms with van der Waals surface area (Å²) in [7, 11) is 0. The lowest BCUT2D eigenvalue weighted by atomic mass is 9.43. The predicted molar refractivity (Wildman–Crippen MR) is 220 cm³/mol. The Kier molecular flexibility index (Phi) is 6.30. The Bertz CT molecular complexity index is 2690. The number of hydrogen-bond acceptors (Lipinski definition) is 0. The van der Waals surface area contributed by atoms with Crippen LogP contribution in [0.25, 0.3) is 72.0 Å². The van der Waals surface area contributed by atoms with Crippen LogP contribution in [0.4, 0.5) is 0 Å². The van der Waals surface area contributed by atoms with Gasteiger partial charge in [0.15, 0.2) is 0 Å². The third-order valence-corrected chi connectivity index (χ3v) is 14.0. The smallest absolute Gasteiger partial charge is 0.0541 e. The molecule has 1 heteroatoms. The Hall–Kier alpha value is -5.66. The second kappa shape index (κ2) is 11.2. The van der Waals surface area contributed by atoms with Crippen molar-refractivity contribution < 1.29 is 0 Å². The Morgan fingerprint density at radius 3 is 1.66 bits per heavy atom. The molecule has 0 atom stereocenters. The van der Waals surface area contributed by atoms with Crippen LogP contribution in [0.5, 0.6) is 0 Å². The summed E-state index contributed by atoms with van der Waals surface area (Å²) in [5.41, 5.74) is 17.8. The number of nitrogens with zero attached hydrogens (tertiary/aromatic N) is 1. The van der Waals surface area contributed by atoms with Crippen LogP contribution in [0.15, 0.2) is 164 Å². The van der Waals surface area contributed by atoms with Crippen molar-refractivity contribution in [1.82, 2.24) is 4.57 Å². The van der Waals surface area contributed by atoms with Gasteiger partial charge in [-0.25, -0.2) is 0 Å². The van der Waals surface area contributed by atoms with E-state index < -0.39 is 0 Å². The fraction of sp³-hybridized carbons (Fsp3) is 0.192. The van der Waals surface area contributed by atoms with E-state index in [1.165, 1.54) is 104 Å². The first kappa shape index (κ1) is 29.9. The summed E-state index contributed by atoms with van der Waals surface area (Å²) in [5.74, 6) is 3.37. The molecule has 5 aliphatic rings. The van der Waals surface area contributed by atoms with Crippen LogP contribution in [0.1, 0.15) is 43.2 Å². The maximum absolute atomic E-state index is 2.61. The SMILES string of the molecule is c1ccc(-c2ccc(-n3c4ccccc4c4cc(-c5ccc6c(c5)-c5ccc(-c7ccccc7)cc5C65C6CC7CC(C6)CC5C7)ccc43)cc2)cc1. The van der Waals surface area contributed by atoms with Crippen molar-refractivity contribution in [3.05, 3.63) is 175 Å². The summed E-state index contributed by atoms with van der Waals surface area (Å²) in [6.45, 7) is 0. The van der Waals surface area contributed by atoms with Gasteiger partial charge in [0.2, 0.25) is 0 Å². The molecule has 1 nitrogen and oxygen atoms in total. The van der Waals surface area contributed by atoms with Crippen LogP contribution in [0.3, 0.4) is 0 Å². The molecule has 7 aromatic carbocycles. The largest absolute Gasteiger partial charge is 0.309 e. The number of rotatable bonds is 4. The van der Waals surface area contributed by atoms with E-state index in [1.54, 1.807) is 11.1 Å². The van der Waals surface area contributed by atoms with Gasteiger partial charge < -0.3 is 4.57 Å². The van der Waals surface area contributed by atoms with Crippen molar-refractivity contribution in [3.8, 4) is 50.2 Å². The van der Waals surface area contributed by atoms with Gasteiger partial charge in [0.1, 0.15) is 0 Å². The van der Waals surface area contributed by atoms with Crippen molar-refractivity contribution >= 4 is 21.8 Å². The Morgan fingerprint density at radius 1 is 0.377 bits per heavy atom. The van der Waals surface area contributed by atoms with Gasteiger partial charge >= 0.3 is 0 Å². The van der Waals surface area contributed by atoms with E-state index in [4.69, 9.17) is 0 Å². The molecule has 0 amide bonds. The van der Waals surface area contributed by atoms with E-state index in [0.717, 1.165) is 23.7 Å². The van der Waals surface area contributed by atoms with Crippen LogP contribution in [-0.4, -0.2) is 4.57 Å². The highest BCUT2D eigenvalue weighted by molar-refractivity contribution is 6.10. The molecule has 4 fully saturated rings. The van der Waals surface area contributed by atoms with E-state index in [2.05, 4.69) is 168 Å². The summed E-state index contributed by atoms with van der Waals surface area (Å²) >= 11 is 0. The van der Waals surface area contributed by atoms with Gasteiger partial charge in [-0.1, -0.05) is 121 Å². The highest BCUT2D eigenvalue weighted by Crippen LogP contribution is 2.69. The van der Waals surface area contributed by atoms with Gasteiger partial charge in [-0.2, -0.15) is 0 Å². The normalized spacial score (nSPS) is 23.5. The van der Waals surface area contributed by atoms with Crippen molar-refractivity contribution in [2.24, 2.45) is 23.7 Å². The molecule has 1 aromatic heterocycles. The number of fused-ring (bicyclic) bond motifs is 6. The van der Waals surface area contributed by atoms with Crippen molar-refractivity contribution in [2.45, 2.75) is 37.5 Å². The Balaban J connectivity index is 0.999. The summed E-state index contributed by atoms with van der Waals surface area (Å²) in [4.78, 5) is 0. The van der Waals surface area contributed by atoms with Gasteiger partial charge in [0.05, 0.1) is 11.0 Å². The first-order chi connectivity index (χ1) is 26.2. The van der Waals surface area contributed by atoms with E-state index in [-0.39, 0.29) is 5.41 Å². The maximum Gasteiger partial charge on any atom is 0.0541 e. The lowest BCUT2D eigenvalue weighted by Crippen LogP contribution is -2.55. The van der Waals surface area contributed by atoms with Gasteiger partial charge in [0.25, 0.3) is 0 Å². The lowest BCUT2D eigenvalue weighted by molar-refractivity contribution is -0.0399. The molecule has 0 unspecified atom stereocenters. The number of hydrogen-bond donors (Lipinski definition) is 0. The van der Waals surface area contributed by atoms with E-state index in [0.29, 0.717) is 0 Å². The Labute approximate surface area is 311 Å². The van der Waals surface area contributed by atoms with Crippen molar-refractivity contribution in [3.63, 3.8) is 0 Å². The zero-order valence-electron chi connectivity index (χ0n) is 29.9. The molecule has 53 heavy (non-hydrogen) atoms. The monoisotopic (exact) mass is 679 g/mol. The molecular formula is C52H41N. The lowest BCUT2D eigenvalue weighted by Gasteiger charge is -2.61. The second-order valence-corrected chi connectivity index (χ2v) is 16.6. The average Bonchev–Trinajstić information content (AvgIpc) is 3.70. The third-order valence-electron chi connectivity index (χ3n) is 14.0. The quantitative estimate of drug-likeness (QED) is 0.174. The summed E-state index contributed by atoms with van der Waals surface area (Å²) in [6.07, 6.45) is 7.08.